The van der Waals surface area contributed by atoms with Gasteiger partial charge in [0.05, 0.1) is 16.0 Å². The number of aromatic nitrogens is 1. The molecule has 3 rings (SSSR count). The monoisotopic (exact) mass is 388 g/mol. The molecule has 1 aromatic carbocycles. The first-order chi connectivity index (χ1) is 12.8. The molecule has 2 heterocycles. The molecule has 3 aromatic rings. The number of carbonyl (C=O) groups is 1. The van der Waals surface area contributed by atoms with Crippen molar-refractivity contribution < 1.29 is 22.7 Å². The van der Waals surface area contributed by atoms with E-state index in [1.807, 2.05) is 0 Å². The zero-order valence-corrected chi connectivity index (χ0v) is 16.1. The molecule has 0 saturated carbocycles. The van der Waals surface area contributed by atoms with Crippen molar-refractivity contribution in [3.8, 4) is 11.5 Å². The summed E-state index contributed by atoms with van der Waals surface area (Å²) in [5.74, 6) is -0.0227. The standard InChI is InChI=1S/C19H20N2O5S/c1-4-21(5-2)27(24,25)13-7-8-16-14(10-13)15(19(22)23)11-17(20-16)18-9-6-12(3)26-18/h6-11H,4-5H2,1-3H3,(H,22,23). The summed E-state index contributed by atoms with van der Waals surface area (Å²) in [5.41, 5.74) is 0.741. The fourth-order valence-electron chi connectivity index (χ4n) is 2.95. The van der Waals surface area contributed by atoms with Crippen LogP contribution in [0.1, 0.15) is 30.0 Å². The third-order valence-electron chi connectivity index (χ3n) is 4.35. The average molecular weight is 388 g/mol. The first kappa shape index (κ1) is 19.1. The lowest BCUT2D eigenvalue weighted by Gasteiger charge is -2.18. The highest BCUT2D eigenvalue weighted by Gasteiger charge is 2.23. The number of sulfonamides is 1. The normalized spacial score (nSPS) is 12.0. The highest BCUT2D eigenvalue weighted by Crippen LogP contribution is 2.28. The van der Waals surface area contributed by atoms with Gasteiger partial charge in [-0.1, -0.05) is 13.8 Å². The summed E-state index contributed by atoms with van der Waals surface area (Å²) in [6.07, 6.45) is 0. The van der Waals surface area contributed by atoms with Crippen LogP contribution in [-0.4, -0.2) is 41.9 Å². The highest BCUT2D eigenvalue weighted by molar-refractivity contribution is 7.89. The number of aryl methyl sites for hydroxylation is 1. The molecule has 0 saturated heterocycles. The smallest absolute Gasteiger partial charge is 0.336 e. The minimum Gasteiger partial charge on any atom is -0.478 e. The quantitative estimate of drug-likeness (QED) is 0.693. The van der Waals surface area contributed by atoms with Crippen LogP contribution < -0.4 is 0 Å². The van der Waals surface area contributed by atoms with Gasteiger partial charge in [-0.25, -0.2) is 18.2 Å². The molecule has 0 radical (unpaired) electrons. The van der Waals surface area contributed by atoms with E-state index in [0.717, 1.165) is 0 Å². The summed E-state index contributed by atoms with van der Waals surface area (Å²) in [7, 11) is -3.70. The Morgan fingerprint density at radius 2 is 1.85 bits per heavy atom. The van der Waals surface area contributed by atoms with E-state index in [1.54, 1.807) is 32.9 Å². The maximum absolute atomic E-state index is 12.8. The van der Waals surface area contributed by atoms with Gasteiger partial charge in [0.1, 0.15) is 11.5 Å². The third-order valence-corrected chi connectivity index (χ3v) is 6.39. The van der Waals surface area contributed by atoms with Gasteiger partial charge < -0.3 is 9.52 Å². The molecule has 27 heavy (non-hydrogen) atoms. The van der Waals surface area contributed by atoms with Gasteiger partial charge in [-0.15, -0.1) is 0 Å². The lowest BCUT2D eigenvalue weighted by Crippen LogP contribution is -2.30. The van der Waals surface area contributed by atoms with Crippen LogP contribution in [-0.2, 0) is 10.0 Å². The van der Waals surface area contributed by atoms with E-state index in [4.69, 9.17) is 4.42 Å². The topological polar surface area (TPSA) is 101 Å². The molecular formula is C19H20N2O5S. The molecule has 7 nitrogen and oxygen atoms in total. The summed E-state index contributed by atoms with van der Waals surface area (Å²) >= 11 is 0. The predicted octanol–water partition coefficient (Wildman–Crippen LogP) is 3.53. The Kier molecular flexibility index (Phi) is 5.03. The van der Waals surface area contributed by atoms with E-state index in [2.05, 4.69) is 4.98 Å². The number of carboxylic acid groups (broad SMARTS) is 1. The minimum atomic E-state index is -3.70. The Morgan fingerprint density at radius 3 is 2.41 bits per heavy atom. The van der Waals surface area contributed by atoms with Gasteiger partial charge in [-0.05, 0) is 43.3 Å². The number of hydrogen-bond donors (Lipinski definition) is 1. The van der Waals surface area contributed by atoms with Gasteiger partial charge in [0.25, 0.3) is 0 Å². The van der Waals surface area contributed by atoms with E-state index in [-0.39, 0.29) is 15.8 Å². The van der Waals surface area contributed by atoms with Crippen LogP contribution in [0.15, 0.2) is 45.7 Å². The molecule has 2 aromatic heterocycles. The lowest BCUT2D eigenvalue weighted by atomic mass is 10.1. The minimum absolute atomic E-state index is 0.0272. The number of fused-ring (bicyclic) bond motifs is 1. The molecule has 0 aliphatic rings. The maximum Gasteiger partial charge on any atom is 0.336 e. The van der Waals surface area contributed by atoms with Gasteiger partial charge in [0, 0.05) is 18.5 Å². The molecule has 0 spiro atoms. The fourth-order valence-corrected chi connectivity index (χ4v) is 4.44. The van der Waals surface area contributed by atoms with Crippen LogP contribution in [0, 0.1) is 6.92 Å². The molecule has 0 atom stereocenters. The van der Waals surface area contributed by atoms with Crippen molar-refractivity contribution in [2.45, 2.75) is 25.7 Å². The molecule has 0 fully saturated rings. The SMILES string of the molecule is CCN(CC)S(=O)(=O)c1ccc2nc(-c3ccc(C)o3)cc(C(=O)O)c2c1. The summed E-state index contributed by atoms with van der Waals surface area (Å²) in [6, 6.07) is 9.23. The van der Waals surface area contributed by atoms with Crippen molar-refractivity contribution in [1.82, 2.24) is 9.29 Å². The van der Waals surface area contributed by atoms with Crippen molar-refractivity contribution >= 4 is 26.9 Å². The third kappa shape index (κ3) is 3.45. The predicted molar refractivity (Wildman–Crippen MR) is 101 cm³/mol. The maximum atomic E-state index is 12.8. The van der Waals surface area contributed by atoms with Crippen molar-refractivity contribution in [1.29, 1.82) is 0 Å². The molecule has 0 bridgehead atoms. The van der Waals surface area contributed by atoms with Crippen molar-refractivity contribution in [3.63, 3.8) is 0 Å². The largest absolute Gasteiger partial charge is 0.478 e. The van der Waals surface area contributed by atoms with Crippen molar-refractivity contribution in [2.24, 2.45) is 0 Å². The number of aromatic carboxylic acids is 1. The van der Waals surface area contributed by atoms with E-state index in [0.29, 0.717) is 35.8 Å². The van der Waals surface area contributed by atoms with Gasteiger partial charge in [0.15, 0.2) is 5.76 Å². The Balaban J connectivity index is 2.22. The van der Waals surface area contributed by atoms with Crippen molar-refractivity contribution in [3.05, 3.63) is 47.7 Å². The zero-order valence-electron chi connectivity index (χ0n) is 15.3. The van der Waals surface area contributed by atoms with E-state index < -0.39 is 16.0 Å². The second kappa shape index (κ2) is 7.13. The Hall–Kier alpha value is -2.71. The molecule has 0 aliphatic heterocycles. The number of hydrogen-bond acceptors (Lipinski definition) is 5. The molecule has 0 unspecified atom stereocenters. The van der Waals surface area contributed by atoms with Crippen molar-refractivity contribution in [2.75, 3.05) is 13.1 Å². The number of rotatable bonds is 6. The molecule has 0 aliphatic carbocycles. The second-order valence-corrected chi connectivity index (χ2v) is 7.98. The van der Waals surface area contributed by atoms with Gasteiger partial charge >= 0.3 is 5.97 Å². The van der Waals surface area contributed by atoms with Gasteiger partial charge in [0.2, 0.25) is 10.0 Å². The number of benzene rings is 1. The van der Waals surface area contributed by atoms with Crippen LogP contribution in [0.4, 0.5) is 0 Å². The van der Waals surface area contributed by atoms with Crippen LogP contribution in [0.25, 0.3) is 22.4 Å². The van der Waals surface area contributed by atoms with E-state index >= 15 is 0 Å². The molecule has 8 heteroatoms. The lowest BCUT2D eigenvalue weighted by molar-refractivity contribution is 0.0699. The van der Waals surface area contributed by atoms with E-state index in [1.165, 1.54) is 28.6 Å². The first-order valence-corrected chi connectivity index (χ1v) is 9.97. The molecule has 142 valence electrons. The van der Waals surface area contributed by atoms with E-state index in [9.17, 15) is 18.3 Å². The highest BCUT2D eigenvalue weighted by atomic mass is 32.2. The average Bonchev–Trinajstić information content (AvgIpc) is 3.07. The summed E-state index contributed by atoms with van der Waals surface area (Å²) in [4.78, 5) is 16.3. The Labute approximate surface area is 157 Å². The summed E-state index contributed by atoms with van der Waals surface area (Å²) < 4.78 is 32.4. The van der Waals surface area contributed by atoms with Gasteiger partial charge in [-0.3, -0.25) is 0 Å². The molecule has 1 N–H and O–H groups in total. The number of carboxylic acids is 1. The first-order valence-electron chi connectivity index (χ1n) is 8.53. The molecular weight excluding hydrogens is 368 g/mol. The summed E-state index contributed by atoms with van der Waals surface area (Å²) in [6.45, 7) is 5.95. The van der Waals surface area contributed by atoms with Crippen LogP contribution in [0.5, 0.6) is 0 Å². The van der Waals surface area contributed by atoms with Crippen LogP contribution >= 0.6 is 0 Å². The van der Waals surface area contributed by atoms with Crippen LogP contribution in [0.3, 0.4) is 0 Å². The Morgan fingerprint density at radius 1 is 1.15 bits per heavy atom. The fraction of sp³-hybridized carbons (Fsp3) is 0.263. The zero-order chi connectivity index (χ0) is 19.8. The molecule has 0 amide bonds. The number of pyridine rings is 1. The number of nitrogens with zero attached hydrogens (tertiary/aromatic N) is 2. The van der Waals surface area contributed by atoms with Crippen LogP contribution in [0.2, 0.25) is 0 Å². The Bertz CT molecular complexity index is 1110. The van der Waals surface area contributed by atoms with Gasteiger partial charge in [-0.2, -0.15) is 4.31 Å². The second-order valence-electron chi connectivity index (χ2n) is 6.04. The number of furan rings is 1. The summed E-state index contributed by atoms with van der Waals surface area (Å²) in [5, 5.41) is 9.90.